The molecule has 7 nitrogen and oxygen atoms in total. The van der Waals surface area contributed by atoms with Crippen LogP contribution in [0.3, 0.4) is 0 Å². The van der Waals surface area contributed by atoms with E-state index < -0.39 is 17.1 Å². The quantitative estimate of drug-likeness (QED) is 0.593. The molecule has 6 rings (SSSR count). The van der Waals surface area contributed by atoms with E-state index in [1.54, 1.807) is 6.08 Å². The maximum Gasteiger partial charge on any atom is 0.331 e. The van der Waals surface area contributed by atoms with Crippen molar-refractivity contribution >= 4 is 11.9 Å². The molecule has 36 heavy (non-hydrogen) atoms. The number of cyclic esters (lactones) is 1. The first kappa shape index (κ1) is 24.9. The van der Waals surface area contributed by atoms with Crippen molar-refractivity contribution < 1.29 is 28.9 Å². The van der Waals surface area contributed by atoms with E-state index in [1.807, 2.05) is 0 Å². The number of ether oxygens (including phenoxy) is 3. The van der Waals surface area contributed by atoms with Gasteiger partial charge in [-0.3, -0.25) is 9.69 Å². The molecule has 0 radical (unpaired) electrons. The second kappa shape index (κ2) is 8.81. The molecule has 0 spiro atoms. The molecule has 0 aromatic heterocycles. The second-order valence-corrected chi connectivity index (χ2v) is 13.1. The van der Waals surface area contributed by atoms with Crippen LogP contribution in [0, 0.1) is 34.5 Å². The Kier molecular flexibility index (Phi) is 6.08. The number of carbonyl (C=O) groups is 2. The van der Waals surface area contributed by atoms with Crippen molar-refractivity contribution in [2.24, 2.45) is 34.5 Å². The molecule has 1 saturated heterocycles. The first-order valence-electron chi connectivity index (χ1n) is 14.2. The van der Waals surface area contributed by atoms with Crippen LogP contribution < -0.4 is 0 Å². The SMILES string of the molecule is CC(=O)O[C@H]1C[C@]2(O)[C@@H]3CC[C@@H]4C[C@@H](N5CCOCC5)CC[C@]4(C)[C@H]3CC[C@]2(C)[C@H]1C1=CC(=O)OC1. The predicted molar refractivity (Wildman–Crippen MR) is 133 cm³/mol. The number of morpholine rings is 1. The summed E-state index contributed by atoms with van der Waals surface area (Å²) >= 11 is 0. The number of aliphatic hydroxyl groups is 1. The minimum absolute atomic E-state index is 0.179. The van der Waals surface area contributed by atoms with Gasteiger partial charge in [-0.1, -0.05) is 13.8 Å². The molecule has 9 atom stereocenters. The fourth-order valence-electron chi connectivity index (χ4n) is 10.0. The van der Waals surface area contributed by atoms with E-state index >= 15 is 0 Å². The van der Waals surface area contributed by atoms with Crippen molar-refractivity contribution in [3.63, 3.8) is 0 Å². The summed E-state index contributed by atoms with van der Waals surface area (Å²) in [6.45, 7) is 10.2. The maximum atomic E-state index is 12.6. The molecule has 1 N–H and O–H groups in total. The van der Waals surface area contributed by atoms with Crippen molar-refractivity contribution in [1.29, 1.82) is 0 Å². The Hall–Kier alpha value is -1.44. The molecule has 4 aliphatic carbocycles. The molecule has 0 unspecified atom stereocenters. The number of hydrogen-bond donors (Lipinski definition) is 1. The highest BCUT2D eigenvalue weighted by Crippen LogP contribution is 2.70. The predicted octanol–water partition coefficient (Wildman–Crippen LogP) is 3.49. The molecule has 7 heteroatoms. The second-order valence-electron chi connectivity index (χ2n) is 13.1. The Morgan fingerprint density at radius 2 is 1.89 bits per heavy atom. The van der Waals surface area contributed by atoms with E-state index in [2.05, 4.69) is 18.7 Å². The topological polar surface area (TPSA) is 85.3 Å². The van der Waals surface area contributed by atoms with Gasteiger partial charge in [0.1, 0.15) is 12.7 Å². The highest BCUT2D eigenvalue weighted by atomic mass is 16.5. The highest BCUT2D eigenvalue weighted by molar-refractivity contribution is 5.85. The number of fused-ring (bicyclic) bond motifs is 5. The van der Waals surface area contributed by atoms with Crippen LogP contribution in [-0.4, -0.2) is 72.6 Å². The smallest absolute Gasteiger partial charge is 0.331 e. The zero-order valence-corrected chi connectivity index (χ0v) is 22.2. The summed E-state index contributed by atoms with van der Waals surface area (Å²) in [6.07, 6.45) is 9.49. The van der Waals surface area contributed by atoms with Crippen LogP contribution in [0.4, 0.5) is 0 Å². The van der Waals surface area contributed by atoms with Gasteiger partial charge in [0, 0.05) is 49.9 Å². The number of carbonyl (C=O) groups excluding carboxylic acids is 2. The van der Waals surface area contributed by atoms with Gasteiger partial charge in [0.2, 0.25) is 0 Å². The normalized spacial score (nSPS) is 48.9. The first-order valence-corrected chi connectivity index (χ1v) is 14.2. The summed E-state index contributed by atoms with van der Waals surface area (Å²) in [5.41, 5.74) is -0.234. The number of esters is 2. The van der Waals surface area contributed by atoms with Gasteiger partial charge in [-0.15, -0.1) is 0 Å². The van der Waals surface area contributed by atoms with Crippen molar-refractivity contribution in [1.82, 2.24) is 4.90 Å². The zero-order valence-electron chi connectivity index (χ0n) is 22.2. The van der Waals surface area contributed by atoms with E-state index in [4.69, 9.17) is 14.2 Å². The Morgan fingerprint density at radius 1 is 1.11 bits per heavy atom. The third-order valence-electron chi connectivity index (χ3n) is 11.8. The van der Waals surface area contributed by atoms with Crippen LogP contribution in [-0.2, 0) is 23.8 Å². The van der Waals surface area contributed by atoms with Gasteiger partial charge in [-0.2, -0.15) is 0 Å². The zero-order chi connectivity index (χ0) is 25.3. The van der Waals surface area contributed by atoms with E-state index in [0.29, 0.717) is 24.3 Å². The average molecular weight is 502 g/mol. The van der Waals surface area contributed by atoms with E-state index in [-0.39, 0.29) is 35.8 Å². The molecule has 2 aliphatic heterocycles. The first-order chi connectivity index (χ1) is 17.2. The Labute approximate surface area is 214 Å². The van der Waals surface area contributed by atoms with Gasteiger partial charge in [0.25, 0.3) is 0 Å². The summed E-state index contributed by atoms with van der Waals surface area (Å²) in [7, 11) is 0. The van der Waals surface area contributed by atoms with E-state index in [0.717, 1.165) is 57.6 Å². The Balaban J connectivity index is 1.28. The van der Waals surface area contributed by atoms with E-state index in [1.165, 1.54) is 26.2 Å². The fourth-order valence-corrected chi connectivity index (χ4v) is 10.0. The summed E-state index contributed by atoms with van der Waals surface area (Å²) in [6, 6.07) is 0.663. The molecule has 0 aromatic rings. The molecule has 4 saturated carbocycles. The van der Waals surface area contributed by atoms with Crippen molar-refractivity contribution in [2.45, 2.75) is 89.9 Å². The third-order valence-corrected chi connectivity index (χ3v) is 11.8. The number of hydrogen-bond acceptors (Lipinski definition) is 7. The maximum absolute atomic E-state index is 12.6. The lowest BCUT2D eigenvalue weighted by Gasteiger charge is -2.64. The van der Waals surface area contributed by atoms with Gasteiger partial charge in [-0.25, -0.2) is 4.79 Å². The summed E-state index contributed by atoms with van der Waals surface area (Å²) in [5.74, 6) is 0.533. The molecule has 0 aromatic carbocycles. The largest absolute Gasteiger partial charge is 0.462 e. The fraction of sp³-hybridized carbons (Fsp3) is 0.862. The number of rotatable bonds is 3. The molecular weight excluding hydrogens is 458 g/mol. The highest BCUT2D eigenvalue weighted by Gasteiger charge is 2.71. The van der Waals surface area contributed by atoms with Crippen LogP contribution in [0.5, 0.6) is 0 Å². The minimum Gasteiger partial charge on any atom is -0.462 e. The third kappa shape index (κ3) is 3.63. The summed E-state index contributed by atoms with van der Waals surface area (Å²) in [5, 5.41) is 12.6. The minimum atomic E-state index is -0.914. The molecule has 0 amide bonds. The Bertz CT molecular complexity index is 944. The number of nitrogens with zero attached hydrogens (tertiary/aromatic N) is 1. The molecule has 2 heterocycles. The lowest BCUT2D eigenvalue weighted by molar-refractivity contribution is -0.207. The van der Waals surface area contributed by atoms with Crippen LogP contribution >= 0.6 is 0 Å². The van der Waals surface area contributed by atoms with Crippen LogP contribution in [0.15, 0.2) is 11.6 Å². The standard InChI is InChI=1S/C29H43NO6/c1-18(31)36-24-16-29(33)23-5-4-20-15-21(30-10-12-34-13-11-30)6-8-27(20,2)22(23)7-9-28(29,3)26(24)19-14-25(32)35-17-19/h14,20-24,26,33H,4-13,15-17H2,1-3H3/t20-,21+,22+,23-,24+,26+,27+,28-,29+/m1/s1. The van der Waals surface area contributed by atoms with Crippen LogP contribution in [0.1, 0.15) is 72.1 Å². The van der Waals surface area contributed by atoms with Crippen LogP contribution in [0.2, 0.25) is 0 Å². The molecule has 5 fully saturated rings. The Morgan fingerprint density at radius 3 is 2.58 bits per heavy atom. The average Bonchev–Trinajstić information content (AvgIpc) is 3.36. The van der Waals surface area contributed by atoms with E-state index in [9.17, 15) is 14.7 Å². The monoisotopic (exact) mass is 501 g/mol. The summed E-state index contributed by atoms with van der Waals surface area (Å²) in [4.78, 5) is 26.7. The van der Waals surface area contributed by atoms with Gasteiger partial charge in [0.15, 0.2) is 0 Å². The van der Waals surface area contributed by atoms with Gasteiger partial charge in [0.05, 0.1) is 18.8 Å². The molecular formula is C29H43NO6. The summed E-state index contributed by atoms with van der Waals surface area (Å²) < 4.78 is 16.7. The van der Waals surface area contributed by atoms with Crippen molar-refractivity contribution in [3.05, 3.63) is 11.6 Å². The van der Waals surface area contributed by atoms with Gasteiger partial charge < -0.3 is 19.3 Å². The van der Waals surface area contributed by atoms with Crippen molar-refractivity contribution in [2.75, 3.05) is 32.9 Å². The molecule has 200 valence electrons. The lowest BCUT2D eigenvalue weighted by atomic mass is 9.43. The molecule has 0 bridgehead atoms. The van der Waals surface area contributed by atoms with Gasteiger partial charge >= 0.3 is 11.9 Å². The molecule has 6 aliphatic rings. The van der Waals surface area contributed by atoms with Crippen molar-refractivity contribution in [3.8, 4) is 0 Å². The van der Waals surface area contributed by atoms with Gasteiger partial charge in [-0.05, 0) is 73.7 Å². The lowest BCUT2D eigenvalue weighted by Crippen LogP contribution is -2.63. The van der Waals surface area contributed by atoms with Crippen LogP contribution in [0.25, 0.3) is 0 Å².